The van der Waals surface area contributed by atoms with Crippen molar-refractivity contribution in [3.8, 4) is 5.75 Å². The summed E-state index contributed by atoms with van der Waals surface area (Å²) in [4.78, 5) is 10.6. The molecule has 1 unspecified atom stereocenters. The van der Waals surface area contributed by atoms with Crippen LogP contribution in [0.3, 0.4) is 0 Å². The molecule has 4 heteroatoms. The van der Waals surface area contributed by atoms with Gasteiger partial charge in [-0.1, -0.05) is 12.1 Å². The number of hydrogen-bond donors (Lipinski definition) is 3. The number of aliphatic carboxylic acids is 1. The first-order chi connectivity index (χ1) is 7.16. The lowest BCUT2D eigenvalue weighted by Gasteiger charge is -2.25. The van der Waals surface area contributed by atoms with Crippen LogP contribution >= 0.6 is 0 Å². The van der Waals surface area contributed by atoms with Crippen LogP contribution in [-0.4, -0.2) is 22.2 Å². The number of benzene rings is 1. The van der Waals surface area contributed by atoms with E-state index in [1.54, 1.807) is 12.1 Å². The smallest absolute Gasteiger partial charge is 0.304 e. The van der Waals surface area contributed by atoms with E-state index in [4.69, 9.17) is 5.11 Å². The third-order valence-electron chi connectivity index (χ3n) is 2.70. The van der Waals surface area contributed by atoms with Gasteiger partial charge in [0, 0.05) is 18.2 Å². The second-order valence-electron chi connectivity index (χ2n) is 3.79. The van der Waals surface area contributed by atoms with E-state index < -0.39 is 5.97 Å². The number of aromatic hydroxyl groups is 1. The highest BCUT2D eigenvalue weighted by atomic mass is 16.4. The molecule has 1 heterocycles. The van der Waals surface area contributed by atoms with Gasteiger partial charge in [-0.3, -0.25) is 4.79 Å². The lowest BCUT2D eigenvalue weighted by molar-refractivity contribution is -0.137. The number of carboxylic acid groups (broad SMARTS) is 1. The number of hydrogen-bond acceptors (Lipinski definition) is 3. The van der Waals surface area contributed by atoms with Gasteiger partial charge < -0.3 is 15.5 Å². The molecule has 0 spiro atoms. The number of carboxylic acids is 1. The largest absolute Gasteiger partial charge is 0.508 e. The Morgan fingerprint density at radius 3 is 3.07 bits per heavy atom. The van der Waals surface area contributed by atoms with Crippen molar-refractivity contribution in [1.29, 1.82) is 0 Å². The van der Waals surface area contributed by atoms with Crippen LogP contribution < -0.4 is 5.32 Å². The Bertz CT molecular complexity index is 389. The van der Waals surface area contributed by atoms with E-state index in [1.807, 2.05) is 6.07 Å². The van der Waals surface area contributed by atoms with Crippen molar-refractivity contribution < 1.29 is 15.0 Å². The summed E-state index contributed by atoms with van der Waals surface area (Å²) in [7, 11) is 0. The van der Waals surface area contributed by atoms with Gasteiger partial charge in [0.05, 0.1) is 6.42 Å². The average Bonchev–Trinajstić information content (AvgIpc) is 2.17. The Kier molecular flexibility index (Phi) is 2.60. The van der Waals surface area contributed by atoms with Crippen LogP contribution in [0.4, 0.5) is 0 Å². The molecular weight excluding hydrogens is 194 g/mol. The van der Waals surface area contributed by atoms with Crippen LogP contribution in [0.1, 0.15) is 17.5 Å². The highest BCUT2D eigenvalue weighted by Gasteiger charge is 2.21. The average molecular weight is 207 g/mol. The zero-order chi connectivity index (χ0) is 10.8. The molecule has 1 aliphatic heterocycles. The van der Waals surface area contributed by atoms with E-state index in [0.29, 0.717) is 13.0 Å². The molecule has 0 saturated carbocycles. The summed E-state index contributed by atoms with van der Waals surface area (Å²) in [6.07, 6.45) is 0.783. The first-order valence-corrected chi connectivity index (χ1v) is 4.91. The fraction of sp³-hybridized carbons (Fsp3) is 0.364. The van der Waals surface area contributed by atoms with Crippen LogP contribution in [0.2, 0.25) is 0 Å². The van der Waals surface area contributed by atoms with E-state index in [2.05, 4.69) is 5.32 Å². The summed E-state index contributed by atoms with van der Waals surface area (Å²) in [5.41, 5.74) is 1.93. The van der Waals surface area contributed by atoms with Gasteiger partial charge in [-0.2, -0.15) is 0 Å². The molecule has 4 nitrogen and oxygen atoms in total. The minimum absolute atomic E-state index is 0.0307. The maximum atomic E-state index is 10.6. The van der Waals surface area contributed by atoms with E-state index >= 15 is 0 Å². The maximum absolute atomic E-state index is 10.6. The van der Waals surface area contributed by atoms with Crippen molar-refractivity contribution in [2.75, 3.05) is 0 Å². The Balaban J connectivity index is 2.17. The van der Waals surface area contributed by atoms with Gasteiger partial charge >= 0.3 is 5.97 Å². The summed E-state index contributed by atoms with van der Waals surface area (Å²) < 4.78 is 0. The lowest BCUT2D eigenvalue weighted by atomic mass is 9.94. The van der Waals surface area contributed by atoms with Crippen molar-refractivity contribution in [3.05, 3.63) is 29.3 Å². The van der Waals surface area contributed by atoms with Gasteiger partial charge in [0.2, 0.25) is 0 Å². The number of carbonyl (C=O) groups is 1. The van der Waals surface area contributed by atoms with Crippen LogP contribution in [0.25, 0.3) is 0 Å². The van der Waals surface area contributed by atoms with Crippen molar-refractivity contribution in [3.63, 3.8) is 0 Å². The standard InChI is InChI=1S/C11H13NO3/c13-10-3-1-2-7-4-8(5-11(14)15)12-6-9(7)10/h1-3,8,12-13H,4-6H2,(H,14,15). The maximum Gasteiger partial charge on any atom is 0.304 e. The summed E-state index contributed by atoms with van der Waals surface area (Å²) >= 11 is 0. The number of phenols is 1. The normalized spacial score (nSPS) is 19.6. The molecular formula is C11H13NO3. The van der Waals surface area contributed by atoms with Gasteiger partial charge in [0.1, 0.15) is 5.75 Å². The molecule has 3 N–H and O–H groups in total. The SMILES string of the molecule is O=C(O)CC1Cc2cccc(O)c2CN1. The first-order valence-electron chi connectivity index (χ1n) is 4.91. The van der Waals surface area contributed by atoms with Crippen LogP contribution in [0, 0.1) is 0 Å². The topological polar surface area (TPSA) is 69.6 Å². The quantitative estimate of drug-likeness (QED) is 0.673. The highest BCUT2D eigenvalue weighted by Crippen LogP contribution is 2.25. The fourth-order valence-corrected chi connectivity index (χ4v) is 1.96. The summed E-state index contributed by atoms with van der Waals surface area (Å²) in [5, 5.41) is 21.4. The first kappa shape index (κ1) is 9.98. The Morgan fingerprint density at radius 1 is 1.53 bits per heavy atom. The second-order valence-corrected chi connectivity index (χ2v) is 3.79. The van der Waals surface area contributed by atoms with Gasteiger partial charge in [-0.25, -0.2) is 0 Å². The number of phenolic OH excluding ortho intramolecular Hbond substituents is 1. The molecule has 1 aliphatic rings. The fourth-order valence-electron chi connectivity index (χ4n) is 1.96. The molecule has 80 valence electrons. The number of nitrogens with one attached hydrogen (secondary N) is 1. The third kappa shape index (κ3) is 2.10. The van der Waals surface area contributed by atoms with Gasteiger partial charge in [-0.15, -0.1) is 0 Å². The van der Waals surface area contributed by atoms with E-state index in [9.17, 15) is 9.90 Å². The Labute approximate surface area is 87.6 Å². The van der Waals surface area contributed by atoms with Crippen LogP contribution in [0.15, 0.2) is 18.2 Å². The Hall–Kier alpha value is -1.55. The lowest BCUT2D eigenvalue weighted by Crippen LogP contribution is -2.37. The van der Waals surface area contributed by atoms with E-state index in [1.165, 1.54) is 0 Å². The van der Waals surface area contributed by atoms with Crippen molar-refractivity contribution >= 4 is 5.97 Å². The molecule has 0 saturated heterocycles. The van der Waals surface area contributed by atoms with Gasteiger partial charge in [0.25, 0.3) is 0 Å². The monoisotopic (exact) mass is 207 g/mol. The number of rotatable bonds is 2. The van der Waals surface area contributed by atoms with Crippen LogP contribution in [0.5, 0.6) is 5.75 Å². The Morgan fingerprint density at radius 2 is 2.33 bits per heavy atom. The predicted octanol–water partition coefficient (Wildman–Crippen LogP) is 0.881. The molecule has 0 amide bonds. The molecule has 0 bridgehead atoms. The zero-order valence-electron chi connectivity index (χ0n) is 8.23. The highest BCUT2D eigenvalue weighted by molar-refractivity contribution is 5.67. The van der Waals surface area contributed by atoms with E-state index in [0.717, 1.165) is 11.1 Å². The van der Waals surface area contributed by atoms with Gasteiger partial charge in [0.15, 0.2) is 0 Å². The molecule has 0 aromatic heterocycles. The molecule has 0 aliphatic carbocycles. The third-order valence-corrected chi connectivity index (χ3v) is 2.70. The minimum Gasteiger partial charge on any atom is -0.508 e. The second kappa shape index (κ2) is 3.90. The molecule has 0 fully saturated rings. The summed E-state index contributed by atoms with van der Waals surface area (Å²) in [5.74, 6) is -0.509. The summed E-state index contributed by atoms with van der Waals surface area (Å²) in [6.45, 7) is 0.542. The molecule has 2 rings (SSSR count). The zero-order valence-corrected chi connectivity index (χ0v) is 8.23. The molecule has 1 atom stereocenters. The van der Waals surface area contributed by atoms with Crippen LogP contribution in [-0.2, 0) is 17.8 Å². The molecule has 1 aromatic carbocycles. The minimum atomic E-state index is -0.795. The molecule has 1 aromatic rings. The molecule has 15 heavy (non-hydrogen) atoms. The molecule has 0 radical (unpaired) electrons. The predicted molar refractivity (Wildman–Crippen MR) is 54.7 cm³/mol. The van der Waals surface area contributed by atoms with Gasteiger partial charge in [-0.05, 0) is 18.1 Å². The van der Waals surface area contributed by atoms with Crippen molar-refractivity contribution in [1.82, 2.24) is 5.32 Å². The van der Waals surface area contributed by atoms with Crippen molar-refractivity contribution in [2.45, 2.75) is 25.4 Å². The van der Waals surface area contributed by atoms with Crippen molar-refractivity contribution in [2.24, 2.45) is 0 Å². The summed E-state index contributed by atoms with van der Waals surface area (Å²) in [6, 6.07) is 5.34. The number of fused-ring (bicyclic) bond motifs is 1. The van der Waals surface area contributed by atoms with E-state index in [-0.39, 0.29) is 18.2 Å².